The highest BCUT2D eigenvalue weighted by molar-refractivity contribution is 7.19. The first-order valence-corrected chi connectivity index (χ1v) is 8.09. The van der Waals surface area contributed by atoms with Crippen LogP contribution in [0.15, 0.2) is 24.3 Å². The van der Waals surface area contributed by atoms with Gasteiger partial charge in [0.25, 0.3) is 0 Å². The Balaban J connectivity index is 1.84. The molecule has 1 aliphatic heterocycles. The monoisotopic (exact) mass is 289 g/mol. The van der Waals surface area contributed by atoms with Gasteiger partial charge < -0.3 is 10.6 Å². The van der Waals surface area contributed by atoms with Crippen LogP contribution in [-0.4, -0.2) is 43.0 Å². The summed E-state index contributed by atoms with van der Waals surface area (Å²) in [6.07, 6.45) is 1.27. The van der Waals surface area contributed by atoms with Gasteiger partial charge in [0.05, 0.1) is 0 Å². The maximum Gasteiger partial charge on any atom is 0.0349 e. The van der Waals surface area contributed by atoms with E-state index in [9.17, 15) is 0 Å². The normalized spacial score (nSPS) is 20.3. The molecule has 0 amide bonds. The first kappa shape index (κ1) is 14.0. The van der Waals surface area contributed by atoms with E-state index in [0.29, 0.717) is 12.6 Å². The van der Waals surface area contributed by atoms with E-state index in [1.54, 1.807) is 0 Å². The van der Waals surface area contributed by atoms with Gasteiger partial charge in [0.15, 0.2) is 0 Å². The molecule has 20 heavy (non-hydrogen) atoms. The Hall–Kier alpha value is -0.940. The lowest BCUT2D eigenvalue weighted by Crippen LogP contribution is -2.31. The highest BCUT2D eigenvalue weighted by Crippen LogP contribution is 2.32. The SMILES string of the molecule is CN(C)C1CCN(Cc2c(CN)sc3ccccc23)C1. The predicted octanol–water partition coefficient (Wildman–Crippen LogP) is 2.50. The van der Waals surface area contributed by atoms with Crippen LogP contribution in [-0.2, 0) is 13.1 Å². The molecule has 2 aromatic rings. The van der Waals surface area contributed by atoms with Crippen LogP contribution in [0.4, 0.5) is 0 Å². The van der Waals surface area contributed by atoms with E-state index >= 15 is 0 Å². The summed E-state index contributed by atoms with van der Waals surface area (Å²) in [6, 6.07) is 9.38. The molecule has 1 atom stereocenters. The van der Waals surface area contributed by atoms with Gasteiger partial charge in [-0.05, 0) is 37.5 Å². The van der Waals surface area contributed by atoms with Crippen LogP contribution in [0.2, 0.25) is 0 Å². The highest BCUT2D eigenvalue weighted by atomic mass is 32.1. The molecule has 2 heterocycles. The lowest BCUT2D eigenvalue weighted by atomic mass is 10.1. The van der Waals surface area contributed by atoms with Gasteiger partial charge in [-0.3, -0.25) is 4.90 Å². The zero-order valence-corrected chi connectivity index (χ0v) is 13.1. The Labute approximate surface area is 125 Å². The van der Waals surface area contributed by atoms with E-state index in [-0.39, 0.29) is 0 Å². The smallest absolute Gasteiger partial charge is 0.0349 e. The molecule has 0 saturated carbocycles. The molecular formula is C16H23N3S. The number of thiophene rings is 1. The Morgan fingerprint density at radius 3 is 2.85 bits per heavy atom. The number of hydrogen-bond donors (Lipinski definition) is 1. The van der Waals surface area contributed by atoms with Crippen molar-refractivity contribution in [1.29, 1.82) is 0 Å². The number of likely N-dealkylation sites (N-methyl/N-ethyl adjacent to an activating group) is 1. The molecule has 4 heteroatoms. The molecule has 1 unspecified atom stereocenters. The van der Waals surface area contributed by atoms with Gasteiger partial charge in [-0.15, -0.1) is 11.3 Å². The van der Waals surface area contributed by atoms with Gasteiger partial charge in [-0.25, -0.2) is 0 Å². The van der Waals surface area contributed by atoms with Crippen molar-refractivity contribution in [3.63, 3.8) is 0 Å². The van der Waals surface area contributed by atoms with E-state index in [4.69, 9.17) is 5.73 Å². The third-order valence-corrected chi connectivity index (χ3v) is 5.56. The van der Waals surface area contributed by atoms with Crippen LogP contribution in [0.3, 0.4) is 0 Å². The largest absolute Gasteiger partial charge is 0.326 e. The summed E-state index contributed by atoms with van der Waals surface area (Å²) in [5.41, 5.74) is 7.40. The fourth-order valence-electron chi connectivity index (χ4n) is 3.09. The van der Waals surface area contributed by atoms with Crippen LogP contribution in [0.25, 0.3) is 10.1 Å². The Morgan fingerprint density at radius 2 is 2.15 bits per heavy atom. The van der Waals surface area contributed by atoms with Crippen LogP contribution in [0.1, 0.15) is 16.9 Å². The first-order chi connectivity index (χ1) is 9.69. The summed E-state index contributed by atoms with van der Waals surface area (Å²) in [7, 11) is 4.36. The van der Waals surface area contributed by atoms with Crippen molar-refractivity contribution in [1.82, 2.24) is 9.80 Å². The van der Waals surface area contributed by atoms with E-state index in [0.717, 1.165) is 6.54 Å². The Morgan fingerprint density at radius 1 is 1.35 bits per heavy atom. The van der Waals surface area contributed by atoms with Crippen molar-refractivity contribution in [3.05, 3.63) is 34.7 Å². The van der Waals surface area contributed by atoms with Crippen molar-refractivity contribution < 1.29 is 0 Å². The molecule has 1 fully saturated rings. The Bertz CT molecular complexity index is 590. The topological polar surface area (TPSA) is 32.5 Å². The molecule has 108 valence electrons. The van der Waals surface area contributed by atoms with Gasteiger partial charge in [-0.2, -0.15) is 0 Å². The third-order valence-electron chi connectivity index (χ3n) is 4.33. The fourth-order valence-corrected chi connectivity index (χ4v) is 4.18. The summed E-state index contributed by atoms with van der Waals surface area (Å²) in [5.74, 6) is 0. The van der Waals surface area contributed by atoms with E-state index < -0.39 is 0 Å². The third kappa shape index (κ3) is 2.61. The predicted molar refractivity (Wildman–Crippen MR) is 87.1 cm³/mol. The highest BCUT2D eigenvalue weighted by Gasteiger charge is 2.25. The lowest BCUT2D eigenvalue weighted by Gasteiger charge is -2.20. The van der Waals surface area contributed by atoms with Crippen molar-refractivity contribution in [3.8, 4) is 0 Å². The fraction of sp³-hybridized carbons (Fsp3) is 0.500. The summed E-state index contributed by atoms with van der Waals surface area (Å²) >= 11 is 1.85. The van der Waals surface area contributed by atoms with E-state index in [1.165, 1.54) is 40.0 Å². The number of benzene rings is 1. The number of hydrogen-bond acceptors (Lipinski definition) is 4. The molecule has 0 aliphatic carbocycles. The zero-order chi connectivity index (χ0) is 14.1. The van der Waals surface area contributed by atoms with Crippen molar-refractivity contribution in [2.45, 2.75) is 25.6 Å². The number of rotatable bonds is 4. The second kappa shape index (κ2) is 5.82. The van der Waals surface area contributed by atoms with Gasteiger partial charge in [0, 0.05) is 41.8 Å². The quantitative estimate of drug-likeness (QED) is 0.938. The minimum Gasteiger partial charge on any atom is -0.326 e. The van der Waals surface area contributed by atoms with Crippen LogP contribution in [0, 0.1) is 0 Å². The molecule has 1 aromatic heterocycles. The van der Waals surface area contributed by atoms with Crippen LogP contribution in [0.5, 0.6) is 0 Å². The summed E-state index contributed by atoms with van der Waals surface area (Å²) in [6.45, 7) is 4.05. The van der Waals surface area contributed by atoms with Crippen molar-refractivity contribution >= 4 is 21.4 Å². The van der Waals surface area contributed by atoms with Crippen molar-refractivity contribution in [2.75, 3.05) is 27.2 Å². The van der Waals surface area contributed by atoms with Crippen LogP contribution >= 0.6 is 11.3 Å². The maximum atomic E-state index is 5.95. The lowest BCUT2D eigenvalue weighted by molar-refractivity contribution is 0.265. The molecule has 0 radical (unpaired) electrons. The first-order valence-electron chi connectivity index (χ1n) is 7.27. The zero-order valence-electron chi connectivity index (χ0n) is 12.3. The van der Waals surface area contributed by atoms with Crippen LogP contribution < -0.4 is 5.73 Å². The minimum atomic E-state index is 0.652. The maximum absolute atomic E-state index is 5.95. The molecule has 1 aliphatic rings. The average molecular weight is 289 g/mol. The second-order valence-corrected chi connectivity index (χ2v) is 6.98. The average Bonchev–Trinajstić information content (AvgIpc) is 3.04. The number of likely N-dealkylation sites (tertiary alicyclic amines) is 1. The van der Waals surface area contributed by atoms with Gasteiger partial charge in [0.1, 0.15) is 0 Å². The molecule has 3 rings (SSSR count). The summed E-state index contributed by atoms with van der Waals surface area (Å²) < 4.78 is 1.37. The summed E-state index contributed by atoms with van der Waals surface area (Å²) in [4.78, 5) is 6.26. The van der Waals surface area contributed by atoms with Crippen molar-refractivity contribution in [2.24, 2.45) is 5.73 Å². The molecule has 0 spiro atoms. The number of nitrogens with zero attached hydrogens (tertiary/aromatic N) is 2. The van der Waals surface area contributed by atoms with Gasteiger partial charge in [-0.1, -0.05) is 18.2 Å². The molecule has 1 aromatic carbocycles. The molecule has 2 N–H and O–H groups in total. The standard InChI is InChI=1S/C16H23N3S/c1-18(2)12-7-8-19(10-12)11-14-13-5-3-4-6-15(13)20-16(14)9-17/h3-6,12H,7-11,17H2,1-2H3. The Kier molecular flexibility index (Phi) is 4.08. The van der Waals surface area contributed by atoms with Gasteiger partial charge >= 0.3 is 0 Å². The molecular weight excluding hydrogens is 266 g/mol. The van der Waals surface area contributed by atoms with E-state index in [1.807, 2.05) is 11.3 Å². The summed E-state index contributed by atoms with van der Waals surface area (Å²) in [5, 5.41) is 1.39. The number of nitrogens with two attached hydrogens (primary N) is 1. The second-order valence-electron chi connectivity index (χ2n) is 5.85. The molecule has 1 saturated heterocycles. The molecule has 0 bridgehead atoms. The van der Waals surface area contributed by atoms with E-state index in [2.05, 4.69) is 48.2 Å². The van der Waals surface area contributed by atoms with Gasteiger partial charge in [0.2, 0.25) is 0 Å². The molecule has 3 nitrogen and oxygen atoms in total. The minimum absolute atomic E-state index is 0.652. The number of fused-ring (bicyclic) bond motifs is 1.